The van der Waals surface area contributed by atoms with Gasteiger partial charge in [0.25, 0.3) is 5.91 Å². The molecule has 5 nitrogen and oxygen atoms in total. The van der Waals surface area contributed by atoms with E-state index in [2.05, 4.69) is 4.98 Å². The van der Waals surface area contributed by atoms with Crippen molar-refractivity contribution >= 4 is 34.6 Å². The van der Waals surface area contributed by atoms with Crippen molar-refractivity contribution in [2.45, 2.75) is 26.3 Å². The number of aliphatic hydroxyl groups is 1. The van der Waals surface area contributed by atoms with E-state index < -0.39 is 17.7 Å². The number of aromatic nitrogens is 1. The molecule has 3 aromatic rings. The average molecular weight is 453 g/mol. The van der Waals surface area contributed by atoms with E-state index in [1.807, 2.05) is 43.3 Å². The molecule has 1 N–H and O–H groups in total. The molecule has 1 amide bonds. The van der Waals surface area contributed by atoms with Crippen LogP contribution in [0, 0.1) is 13.8 Å². The van der Waals surface area contributed by atoms with Crippen molar-refractivity contribution in [2.24, 2.45) is 0 Å². The van der Waals surface area contributed by atoms with E-state index in [-0.39, 0.29) is 11.4 Å². The van der Waals surface area contributed by atoms with Gasteiger partial charge in [-0.1, -0.05) is 54.1 Å². The SMILES string of the molecule is Cc1nc(C)c(C(=O)C2=C(O)C(=O)N(CCc3ccccc3)C2c2cccc(Cl)c2)s1. The van der Waals surface area contributed by atoms with Gasteiger partial charge in [0.2, 0.25) is 5.78 Å². The number of nitrogens with zero attached hydrogens (tertiary/aromatic N) is 2. The van der Waals surface area contributed by atoms with Gasteiger partial charge in [-0.3, -0.25) is 9.59 Å². The van der Waals surface area contributed by atoms with Gasteiger partial charge >= 0.3 is 0 Å². The van der Waals surface area contributed by atoms with Crippen molar-refractivity contribution in [3.05, 3.63) is 97.7 Å². The summed E-state index contributed by atoms with van der Waals surface area (Å²) < 4.78 is 0. The molecule has 0 saturated carbocycles. The number of benzene rings is 2. The summed E-state index contributed by atoms with van der Waals surface area (Å²) >= 11 is 7.48. The molecule has 2 aromatic carbocycles. The molecule has 4 rings (SSSR count). The van der Waals surface area contributed by atoms with Crippen LogP contribution in [-0.2, 0) is 11.2 Å². The van der Waals surface area contributed by atoms with Crippen LogP contribution in [0.1, 0.15) is 37.5 Å². The van der Waals surface area contributed by atoms with E-state index in [9.17, 15) is 14.7 Å². The summed E-state index contributed by atoms with van der Waals surface area (Å²) in [6, 6.07) is 16.1. The van der Waals surface area contributed by atoms with Gasteiger partial charge in [-0.05, 0) is 43.5 Å². The summed E-state index contributed by atoms with van der Waals surface area (Å²) in [6.07, 6.45) is 0.594. The smallest absolute Gasteiger partial charge is 0.290 e. The fourth-order valence-corrected chi connectivity index (χ4v) is 4.97. The summed E-state index contributed by atoms with van der Waals surface area (Å²) in [6.45, 7) is 3.93. The van der Waals surface area contributed by atoms with E-state index >= 15 is 0 Å². The van der Waals surface area contributed by atoms with Gasteiger partial charge in [0.05, 0.1) is 27.2 Å². The Bertz CT molecular complexity index is 1190. The van der Waals surface area contributed by atoms with Crippen LogP contribution < -0.4 is 0 Å². The number of aryl methyl sites for hydroxylation is 2. The Morgan fingerprint density at radius 1 is 1.16 bits per heavy atom. The third-order valence-corrected chi connectivity index (χ3v) is 6.61. The van der Waals surface area contributed by atoms with Gasteiger partial charge < -0.3 is 10.0 Å². The van der Waals surface area contributed by atoms with Gasteiger partial charge in [0.1, 0.15) is 0 Å². The minimum Gasteiger partial charge on any atom is -0.503 e. The Hall–Kier alpha value is -2.96. The van der Waals surface area contributed by atoms with Crippen molar-refractivity contribution in [3.63, 3.8) is 0 Å². The number of halogens is 1. The standard InChI is InChI=1S/C24H21ClN2O3S/c1-14-23(31-15(2)26-14)21(28)19-20(17-9-6-10-18(25)13-17)27(24(30)22(19)29)12-11-16-7-4-3-5-8-16/h3-10,13,20,29H,11-12H2,1-2H3. The zero-order valence-corrected chi connectivity index (χ0v) is 18.7. The van der Waals surface area contributed by atoms with Crippen molar-refractivity contribution in [1.82, 2.24) is 9.88 Å². The number of hydrogen-bond donors (Lipinski definition) is 1. The van der Waals surface area contributed by atoms with E-state index in [4.69, 9.17) is 11.6 Å². The first kappa shape index (κ1) is 21.3. The second-order valence-electron chi connectivity index (χ2n) is 7.43. The number of Topliss-reactive ketones (excluding diaryl/α,β-unsaturated/α-hetero) is 1. The molecule has 0 aliphatic carbocycles. The fraction of sp³-hybridized carbons (Fsp3) is 0.208. The van der Waals surface area contributed by atoms with E-state index in [0.29, 0.717) is 34.1 Å². The van der Waals surface area contributed by atoms with Gasteiger partial charge in [-0.15, -0.1) is 11.3 Å². The Morgan fingerprint density at radius 3 is 2.55 bits per heavy atom. The minimum absolute atomic E-state index is 0.0760. The molecular weight excluding hydrogens is 432 g/mol. The van der Waals surface area contributed by atoms with Crippen LogP contribution in [0.3, 0.4) is 0 Å². The monoisotopic (exact) mass is 452 g/mol. The number of ketones is 1. The third kappa shape index (κ3) is 4.13. The largest absolute Gasteiger partial charge is 0.503 e. The molecule has 2 heterocycles. The van der Waals surface area contributed by atoms with E-state index in [0.717, 1.165) is 10.6 Å². The number of amides is 1. The van der Waals surface area contributed by atoms with E-state index in [1.54, 1.807) is 30.0 Å². The summed E-state index contributed by atoms with van der Waals surface area (Å²) in [5, 5.41) is 12.0. The average Bonchev–Trinajstić information content (AvgIpc) is 3.22. The molecule has 1 unspecified atom stereocenters. The van der Waals surface area contributed by atoms with Gasteiger partial charge in [-0.25, -0.2) is 4.98 Å². The number of hydrogen-bond acceptors (Lipinski definition) is 5. The Balaban J connectivity index is 1.75. The molecule has 158 valence electrons. The van der Waals surface area contributed by atoms with Crippen molar-refractivity contribution in [2.75, 3.05) is 6.54 Å². The number of carbonyl (C=O) groups excluding carboxylic acids is 2. The Labute approximate surface area is 189 Å². The fourth-order valence-electron chi connectivity index (χ4n) is 3.90. The van der Waals surface area contributed by atoms with Gasteiger partial charge in [0.15, 0.2) is 5.76 Å². The maximum atomic E-state index is 13.5. The van der Waals surface area contributed by atoms with E-state index in [1.165, 1.54) is 11.3 Å². The molecule has 1 aromatic heterocycles. The lowest BCUT2D eigenvalue weighted by atomic mass is 9.95. The van der Waals surface area contributed by atoms with Crippen LogP contribution in [-0.4, -0.2) is 33.2 Å². The minimum atomic E-state index is -0.718. The van der Waals surface area contributed by atoms with Gasteiger partial charge in [-0.2, -0.15) is 0 Å². The molecule has 31 heavy (non-hydrogen) atoms. The molecule has 1 aliphatic rings. The maximum absolute atomic E-state index is 13.5. The topological polar surface area (TPSA) is 70.5 Å². The zero-order chi connectivity index (χ0) is 22.1. The number of rotatable bonds is 6. The normalized spacial score (nSPS) is 16.3. The molecule has 0 bridgehead atoms. The van der Waals surface area contributed by atoms with Crippen LogP contribution in [0.5, 0.6) is 0 Å². The predicted octanol–water partition coefficient (Wildman–Crippen LogP) is 5.23. The molecular formula is C24H21ClN2O3S. The zero-order valence-electron chi connectivity index (χ0n) is 17.1. The van der Waals surface area contributed by atoms with Crippen LogP contribution >= 0.6 is 22.9 Å². The molecule has 0 spiro atoms. The first-order chi connectivity index (χ1) is 14.9. The van der Waals surface area contributed by atoms with Gasteiger partial charge in [0, 0.05) is 11.6 Å². The molecule has 7 heteroatoms. The van der Waals surface area contributed by atoms with Crippen molar-refractivity contribution < 1.29 is 14.7 Å². The Morgan fingerprint density at radius 2 is 1.90 bits per heavy atom. The molecule has 1 atom stereocenters. The lowest BCUT2D eigenvalue weighted by molar-refractivity contribution is -0.129. The summed E-state index contributed by atoms with van der Waals surface area (Å²) in [5.74, 6) is -1.43. The van der Waals surface area contributed by atoms with Crippen LogP contribution in [0.2, 0.25) is 5.02 Å². The highest BCUT2D eigenvalue weighted by atomic mass is 35.5. The summed E-state index contributed by atoms with van der Waals surface area (Å²) in [7, 11) is 0. The molecule has 0 saturated heterocycles. The summed E-state index contributed by atoms with van der Waals surface area (Å²) in [4.78, 5) is 32.8. The highest BCUT2D eigenvalue weighted by molar-refractivity contribution is 7.14. The third-order valence-electron chi connectivity index (χ3n) is 5.31. The van der Waals surface area contributed by atoms with Crippen molar-refractivity contribution in [3.8, 4) is 0 Å². The van der Waals surface area contributed by atoms with Crippen LogP contribution in [0.4, 0.5) is 0 Å². The van der Waals surface area contributed by atoms with Crippen LogP contribution in [0.15, 0.2) is 65.9 Å². The lowest BCUT2D eigenvalue weighted by Gasteiger charge is -2.27. The highest BCUT2D eigenvalue weighted by Crippen LogP contribution is 2.40. The lowest BCUT2D eigenvalue weighted by Crippen LogP contribution is -2.33. The number of carbonyl (C=O) groups is 2. The van der Waals surface area contributed by atoms with Crippen molar-refractivity contribution in [1.29, 1.82) is 0 Å². The number of aliphatic hydroxyl groups excluding tert-OH is 1. The molecule has 0 fully saturated rings. The first-order valence-corrected chi connectivity index (χ1v) is 11.1. The second kappa shape index (κ2) is 8.65. The number of thiazole rings is 1. The maximum Gasteiger partial charge on any atom is 0.290 e. The quantitative estimate of drug-likeness (QED) is 0.519. The predicted molar refractivity (Wildman–Crippen MR) is 122 cm³/mol. The highest BCUT2D eigenvalue weighted by Gasteiger charge is 2.44. The first-order valence-electron chi connectivity index (χ1n) is 9.89. The molecule has 0 radical (unpaired) electrons. The second-order valence-corrected chi connectivity index (χ2v) is 9.07. The van der Waals surface area contributed by atoms with Crippen LogP contribution in [0.25, 0.3) is 0 Å². The summed E-state index contributed by atoms with van der Waals surface area (Å²) in [5.41, 5.74) is 2.41. The Kier molecular flexibility index (Phi) is 5.94. The molecule has 1 aliphatic heterocycles.